The predicted octanol–water partition coefficient (Wildman–Crippen LogP) is 1.92. The molecular formula is C9H15BrN2OS. The normalized spacial score (nSPS) is 13.1. The number of hydrogen-bond acceptors (Lipinski definition) is 4. The van der Waals surface area contributed by atoms with Crippen molar-refractivity contribution in [1.29, 1.82) is 0 Å². The SMILES string of the molecule is CCOCC(Cc1ccc(Br)s1)NN. The van der Waals surface area contributed by atoms with Crippen LogP contribution in [-0.4, -0.2) is 19.3 Å². The zero-order valence-corrected chi connectivity index (χ0v) is 10.5. The molecule has 1 atom stereocenters. The van der Waals surface area contributed by atoms with E-state index in [1.165, 1.54) is 4.88 Å². The fourth-order valence-electron chi connectivity index (χ4n) is 1.13. The summed E-state index contributed by atoms with van der Waals surface area (Å²) in [5.74, 6) is 5.43. The summed E-state index contributed by atoms with van der Waals surface area (Å²) in [7, 11) is 0. The quantitative estimate of drug-likeness (QED) is 0.618. The number of nitrogens with one attached hydrogen (secondary N) is 1. The van der Waals surface area contributed by atoms with Crippen LogP contribution in [0.3, 0.4) is 0 Å². The lowest BCUT2D eigenvalue weighted by Crippen LogP contribution is -2.40. The first-order valence-electron chi connectivity index (χ1n) is 4.54. The third-order valence-electron chi connectivity index (χ3n) is 1.84. The van der Waals surface area contributed by atoms with E-state index < -0.39 is 0 Å². The molecule has 0 saturated heterocycles. The van der Waals surface area contributed by atoms with Gasteiger partial charge in [0.25, 0.3) is 0 Å². The van der Waals surface area contributed by atoms with Crippen LogP contribution in [-0.2, 0) is 11.2 Å². The van der Waals surface area contributed by atoms with E-state index in [4.69, 9.17) is 10.6 Å². The molecule has 0 amide bonds. The first-order chi connectivity index (χ1) is 6.76. The largest absolute Gasteiger partial charge is 0.380 e. The van der Waals surface area contributed by atoms with Crippen molar-refractivity contribution >= 4 is 27.3 Å². The van der Waals surface area contributed by atoms with Crippen molar-refractivity contribution in [1.82, 2.24) is 5.43 Å². The van der Waals surface area contributed by atoms with E-state index in [1.807, 2.05) is 13.0 Å². The Balaban J connectivity index is 2.40. The number of rotatable bonds is 6. The van der Waals surface area contributed by atoms with E-state index in [0.29, 0.717) is 6.61 Å². The van der Waals surface area contributed by atoms with Gasteiger partial charge in [0, 0.05) is 23.9 Å². The van der Waals surface area contributed by atoms with Gasteiger partial charge >= 0.3 is 0 Å². The molecule has 0 aliphatic heterocycles. The van der Waals surface area contributed by atoms with Gasteiger partial charge in [-0.3, -0.25) is 11.3 Å². The summed E-state index contributed by atoms with van der Waals surface area (Å²) in [6, 6.07) is 4.35. The molecule has 0 aromatic carbocycles. The van der Waals surface area contributed by atoms with Gasteiger partial charge in [-0.15, -0.1) is 11.3 Å². The zero-order chi connectivity index (χ0) is 10.4. The van der Waals surface area contributed by atoms with E-state index in [0.717, 1.165) is 16.8 Å². The smallest absolute Gasteiger partial charge is 0.0701 e. The number of ether oxygens (including phenoxy) is 1. The van der Waals surface area contributed by atoms with Crippen molar-refractivity contribution in [3.8, 4) is 0 Å². The molecule has 1 unspecified atom stereocenters. The van der Waals surface area contributed by atoms with Crippen LogP contribution in [0.1, 0.15) is 11.8 Å². The van der Waals surface area contributed by atoms with Crippen LogP contribution in [0.25, 0.3) is 0 Å². The van der Waals surface area contributed by atoms with Crippen LogP contribution in [0, 0.1) is 0 Å². The third kappa shape index (κ3) is 4.06. The average molecular weight is 279 g/mol. The molecule has 0 radical (unpaired) electrons. The van der Waals surface area contributed by atoms with Gasteiger partial charge in [-0.25, -0.2) is 0 Å². The lowest BCUT2D eigenvalue weighted by atomic mass is 10.2. The Hall–Kier alpha value is 0.0600. The highest BCUT2D eigenvalue weighted by atomic mass is 79.9. The molecule has 5 heteroatoms. The number of hydrazine groups is 1. The van der Waals surface area contributed by atoms with Gasteiger partial charge in [-0.1, -0.05) is 0 Å². The Labute approximate surface area is 96.7 Å². The molecule has 0 fully saturated rings. The van der Waals surface area contributed by atoms with Crippen molar-refractivity contribution in [2.45, 2.75) is 19.4 Å². The highest BCUT2D eigenvalue weighted by Gasteiger charge is 2.08. The van der Waals surface area contributed by atoms with Crippen LogP contribution in [0.5, 0.6) is 0 Å². The highest BCUT2D eigenvalue weighted by molar-refractivity contribution is 9.11. The van der Waals surface area contributed by atoms with Crippen molar-refractivity contribution in [3.63, 3.8) is 0 Å². The van der Waals surface area contributed by atoms with Gasteiger partial charge in [0.15, 0.2) is 0 Å². The standard InChI is InChI=1S/C9H15BrN2OS/c1-2-13-6-7(12-11)5-8-3-4-9(10)14-8/h3-4,7,12H,2,5-6,11H2,1H3. The molecule has 0 saturated carbocycles. The minimum atomic E-state index is 0.195. The van der Waals surface area contributed by atoms with Crippen LogP contribution in [0.2, 0.25) is 0 Å². The van der Waals surface area contributed by atoms with Crippen molar-refractivity contribution in [2.75, 3.05) is 13.2 Å². The van der Waals surface area contributed by atoms with E-state index in [-0.39, 0.29) is 6.04 Å². The van der Waals surface area contributed by atoms with Gasteiger partial charge in [0.2, 0.25) is 0 Å². The number of thiophene rings is 1. The highest BCUT2D eigenvalue weighted by Crippen LogP contribution is 2.23. The van der Waals surface area contributed by atoms with Crippen molar-refractivity contribution < 1.29 is 4.74 Å². The van der Waals surface area contributed by atoms with Gasteiger partial charge in [0.1, 0.15) is 0 Å². The first kappa shape index (κ1) is 12.1. The minimum Gasteiger partial charge on any atom is -0.380 e. The third-order valence-corrected chi connectivity index (χ3v) is 3.48. The first-order valence-corrected chi connectivity index (χ1v) is 6.15. The molecule has 1 aromatic heterocycles. The Morgan fingerprint density at radius 1 is 1.64 bits per heavy atom. The van der Waals surface area contributed by atoms with Crippen LogP contribution in [0.15, 0.2) is 15.9 Å². The lowest BCUT2D eigenvalue weighted by Gasteiger charge is -2.14. The minimum absolute atomic E-state index is 0.195. The van der Waals surface area contributed by atoms with E-state index >= 15 is 0 Å². The topological polar surface area (TPSA) is 47.3 Å². The van der Waals surface area contributed by atoms with Crippen molar-refractivity contribution in [3.05, 3.63) is 20.8 Å². The molecule has 80 valence electrons. The molecule has 14 heavy (non-hydrogen) atoms. The molecule has 1 heterocycles. The monoisotopic (exact) mass is 278 g/mol. The molecule has 0 bridgehead atoms. The summed E-state index contributed by atoms with van der Waals surface area (Å²) in [5, 5.41) is 0. The Kier molecular flexibility index (Phi) is 5.66. The second kappa shape index (κ2) is 6.53. The molecular weight excluding hydrogens is 264 g/mol. The summed E-state index contributed by atoms with van der Waals surface area (Å²) >= 11 is 5.16. The van der Waals surface area contributed by atoms with E-state index in [2.05, 4.69) is 27.4 Å². The molecule has 0 spiro atoms. The molecule has 1 rings (SSSR count). The van der Waals surface area contributed by atoms with Gasteiger partial charge in [0.05, 0.1) is 10.4 Å². The van der Waals surface area contributed by atoms with Crippen LogP contribution < -0.4 is 11.3 Å². The molecule has 3 nitrogen and oxygen atoms in total. The summed E-state index contributed by atoms with van der Waals surface area (Å²) in [6.45, 7) is 3.37. The second-order valence-electron chi connectivity index (χ2n) is 2.93. The molecule has 1 aromatic rings. The predicted molar refractivity (Wildman–Crippen MR) is 63.3 cm³/mol. The zero-order valence-electron chi connectivity index (χ0n) is 8.13. The summed E-state index contributed by atoms with van der Waals surface area (Å²) in [6.07, 6.45) is 0.909. The maximum atomic E-state index is 5.43. The Morgan fingerprint density at radius 3 is 2.93 bits per heavy atom. The van der Waals surface area contributed by atoms with Crippen LogP contribution >= 0.6 is 27.3 Å². The van der Waals surface area contributed by atoms with Gasteiger partial charge < -0.3 is 4.74 Å². The molecule has 3 N–H and O–H groups in total. The fourth-order valence-corrected chi connectivity index (χ4v) is 2.69. The summed E-state index contributed by atoms with van der Waals surface area (Å²) in [5.41, 5.74) is 2.76. The summed E-state index contributed by atoms with van der Waals surface area (Å²) in [4.78, 5) is 1.31. The number of hydrogen-bond donors (Lipinski definition) is 2. The lowest BCUT2D eigenvalue weighted by molar-refractivity contribution is 0.123. The Bertz CT molecular complexity index is 267. The molecule has 0 aliphatic rings. The average Bonchev–Trinajstić information content (AvgIpc) is 2.58. The summed E-state index contributed by atoms with van der Waals surface area (Å²) < 4.78 is 6.47. The van der Waals surface area contributed by atoms with Crippen LogP contribution in [0.4, 0.5) is 0 Å². The second-order valence-corrected chi connectivity index (χ2v) is 5.48. The maximum absolute atomic E-state index is 5.43. The van der Waals surface area contributed by atoms with Gasteiger partial charge in [-0.05, 0) is 35.0 Å². The fraction of sp³-hybridized carbons (Fsp3) is 0.556. The van der Waals surface area contributed by atoms with E-state index in [1.54, 1.807) is 11.3 Å². The van der Waals surface area contributed by atoms with Gasteiger partial charge in [-0.2, -0.15) is 0 Å². The van der Waals surface area contributed by atoms with E-state index in [9.17, 15) is 0 Å². The number of halogens is 1. The number of nitrogens with two attached hydrogens (primary N) is 1. The Morgan fingerprint density at radius 2 is 2.43 bits per heavy atom. The van der Waals surface area contributed by atoms with Crippen molar-refractivity contribution in [2.24, 2.45) is 5.84 Å². The molecule has 0 aliphatic carbocycles. The maximum Gasteiger partial charge on any atom is 0.0701 e.